The van der Waals surface area contributed by atoms with Gasteiger partial charge >= 0.3 is 18.4 Å². The van der Waals surface area contributed by atoms with E-state index in [2.05, 4.69) is 5.32 Å². The fraction of sp³-hybridized carbons (Fsp3) is 0.462. The van der Waals surface area contributed by atoms with Crippen molar-refractivity contribution in [2.75, 3.05) is 11.9 Å². The molecule has 2 rings (SSSR count). The number of benzene rings is 1. The molecule has 1 aliphatic carbocycles. The van der Waals surface area contributed by atoms with Crippen molar-refractivity contribution in [3.05, 3.63) is 29.3 Å². The summed E-state index contributed by atoms with van der Waals surface area (Å²) in [7, 11) is 1.26. The molecule has 0 aliphatic heterocycles. The summed E-state index contributed by atoms with van der Waals surface area (Å²) in [5.74, 6) is 0. The first-order valence-electron chi connectivity index (χ1n) is 6.34. The van der Waals surface area contributed by atoms with E-state index in [4.69, 9.17) is 0 Å². The van der Waals surface area contributed by atoms with Gasteiger partial charge in [-0.15, -0.1) is 0 Å². The summed E-state index contributed by atoms with van der Waals surface area (Å²) in [5, 5.41) is 2.23. The fourth-order valence-corrected chi connectivity index (χ4v) is 2.02. The fourth-order valence-electron chi connectivity index (χ4n) is 2.02. The van der Waals surface area contributed by atoms with Crippen molar-refractivity contribution < 1.29 is 31.1 Å². The van der Waals surface area contributed by atoms with Gasteiger partial charge in [-0.2, -0.15) is 26.3 Å². The van der Waals surface area contributed by atoms with Gasteiger partial charge in [-0.1, -0.05) is 0 Å². The standard InChI is InChI=1S/C13H12F6N2O/c1-20-11(22)21(9-2-3-9)10-5-7(12(14,15)16)4-8(6-10)13(17,18)19/h4-6,9H,2-3H2,1H3,(H,20,22). The molecule has 0 saturated heterocycles. The number of hydrogen-bond acceptors (Lipinski definition) is 1. The average molecular weight is 326 g/mol. The highest BCUT2D eigenvalue weighted by molar-refractivity contribution is 5.93. The van der Waals surface area contributed by atoms with Crippen LogP contribution < -0.4 is 10.2 Å². The van der Waals surface area contributed by atoms with E-state index in [1.165, 1.54) is 7.05 Å². The van der Waals surface area contributed by atoms with Crippen molar-refractivity contribution >= 4 is 11.7 Å². The molecule has 0 heterocycles. The van der Waals surface area contributed by atoms with E-state index < -0.39 is 35.2 Å². The van der Waals surface area contributed by atoms with Crippen LogP contribution in [0.1, 0.15) is 24.0 Å². The summed E-state index contributed by atoms with van der Waals surface area (Å²) in [5.41, 5.74) is -3.29. The van der Waals surface area contributed by atoms with Gasteiger partial charge in [0.25, 0.3) is 0 Å². The molecule has 1 aromatic rings. The van der Waals surface area contributed by atoms with Crippen LogP contribution in [-0.4, -0.2) is 19.1 Å². The van der Waals surface area contributed by atoms with Gasteiger partial charge in [0.15, 0.2) is 0 Å². The predicted octanol–water partition coefficient (Wildman–Crippen LogP) is 4.03. The van der Waals surface area contributed by atoms with E-state index in [0.29, 0.717) is 25.0 Å². The number of hydrogen-bond donors (Lipinski definition) is 1. The molecule has 1 fully saturated rings. The van der Waals surface area contributed by atoms with Gasteiger partial charge in [-0.25, -0.2) is 4.79 Å². The van der Waals surface area contributed by atoms with Gasteiger partial charge in [-0.05, 0) is 31.0 Å². The molecule has 0 bridgehead atoms. The largest absolute Gasteiger partial charge is 0.416 e. The first kappa shape index (κ1) is 16.4. The third kappa shape index (κ3) is 3.45. The van der Waals surface area contributed by atoms with Crippen molar-refractivity contribution in [2.24, 2.45) is 0 Å². The second kappa shape index (κ2) is 5.36. The maximum atomic E-state index is 12.8. The third-order valence-corrected chi connectivity index (χ3v) is 3.20. The van der Waals surface area contributed by atoms with Gasteiger partial charge in [-0.3, -0.25) is 4.90 Å². The zero-order valence-corrected chi connectivity index (χ0v) is 11.3. The quantitative estimate of drug-likeness (QED) is 0.818. The Balaban J connectivity index is 2.56. The van der Waals surface area contributed by atoms with Crippen LogP contribution in [0.15, 0.2) is 18.2 Å². The van der Waals surface area contributed by atoms with E-state index in [0.717, 1.165) is 4.90 Å². The van der Waals surface area contributed by atoms with Gasteiger partial charge in [0.05, 0.1) is 11.1 Å². The molecule has 3 nitrogen and oxygen atoms in total. The number of carbonyl (C=O) groups is 1. The number of halogens is 6. The van der Waals surface area contributed by atoms with E-state index in [1.54, 1.807) is 0 Å². The van der Waals surface area contributed by atoms with Crippen LogP contribution in [0.3, 0.4) is 0 Å². The van der Waals surface area contributed by atoms with Crippen LogP contribution in [0, 0.1) is 0 Å². The molecule has 9 heteroatoms. The molecule has 2 amide bonds. The first-order valence-corrected chi connectivity index (χ1v) is 6.34. The van der Waals surface area contributed by atoms with Gasteiger partial charge < -0.3 is 5.32 Å². The molecule has 1 aliphatic rings. The van der Waals surface area contributed by atoms with Gasteiger partial charge in [0.1, 0.15) is 0 Å². The predicted molar refractivity (Wildman–Crippen MR) is 66.4 cm³/mol. The smallest absolute Gasteiger partial charge is 0.341 e. The van der Waals surface area contributed by atoms with Crippen LogP contribution >= 0.6 is 0 Å². The lowest BCUT2D eigenvalue weighted by Gasteiger charge is -2.24. The zero-order chi connectivity index (χ0) is 16.7. The Kier molecular flexibility index (Phi) is 4.01. The van der Waals surface area contributed by atoms with Crippen molar-refractivity contribution in [3.63, 3.8) is 0 Å². The first-order chi connectivity index (χ1) is 10.0. The molecule has 22 heavy (non-hydrogen) atoms. The number of alkyl halides is 6. The number of rotatable bonds is 2. The Morgan fingerprint density at radius 2 is 1.50 bits per heavy atom. The number of nitrogens with one attached hydrogen (secondary N) is 1. The normalized spacial score (nSPS) is 15.6. The van der Waals surface area contributed by atoms with Crippen LogP contribution in [0.5, 0.6) is 0 Å². The average Bonchev–Trinajstić information content (AvgIpc) is 3.21. The lowest BCUT2D eigenvalue weighted by molar-refractivity contribution is -0.143. The summed E-state index contributed by atoms with van der Waals surface area (Å²) >= 11 is 0. The zero-order valence-electron chi connectivity index (χ0n) is 11.3. The molecule has 1 saturated carbocycles. The second-order valence-electron chi connectivity index (χ2n) is 4.92. The Morgan fingerprint density at radius 1 is 1.05 bits per heavy atom. The molecule has 1 aromatic carbocycles. The highest BCUT2D eigenvalue weighted by Gasteiger charge is 2.40. The number of nitrogens with zero attached hydrogens (tertiary/aromatic N) is 1. The SMILES string of the molecule is CNC(=O)N(c1cc(C(F)(F)F)cc(C(F)(F)F)c1)C1CC1. The van der Waals surface area contributed by atoms with Crippen molar-refractivity contribution in [1.82, 2.24) is 5.32 Å². The molecule has 0 aromatic heterocycles. The van der Waals surface area contributed by atoms with Crippen molar-refractivity contribution in [1.29, 1.82) is 0 Å². The maximum absolute atomic E-state index is 12.8. The number of anilines is 1. The molecule has 0 radical (unpaired) electrons. The van der Waals surface area contributed by atoms with Crippen LogP contribution in [0.2, 0.25) is 0 Å². The van der Waals surface area contributed by atoms with Crippen molar-refractivity contribution in [3.8, 4) is 0 Å². The summed E-state index contributed by atoms with van der Waals surface area (Å²) < 4.78 is 76.9. The molecule has 1 N–H and O–H groups in total. The van der Waals surface area contributed by atoms with Gasteiger partial charge in [0.2, 0.25) is 0 Å². The summed E-state index contributed by atoms with van der Waals surface area (Å²) in [6.45, 7) is 0. The maximum Gasteiger partial charge on any atom is 0.416 e. The Morgan fingerprint density at radius 3 is 1.82 bits per heavy atom. The highest BCUT2D eigenvalue weighted by Crippen LogP contribution is 2.40. The number of amides is 2. The van der Waals surface area contributed by atoms with Crippen molar-refractivity contribution in [2.45, 2.75) is 31.2 Å². The minimum Gasteiger partial charge on any atom is -0.341 e. The lowest BCUT2D eigenvalue weighted by atomic mass is 10.1. The Labute approximate surface area is 121 Å². The minimum absolute atomic E-state index is 0.0401. The third-order valence-electron chi connectivity index (χ3n) is 3.20. The number of carbonyl (C=O) groups excluding carboxylic acids is 1. The Bertz CT molecular complexity index is 545. The van der Waals surface area contributed by atoms with E-state index in [1.807, 2.05) is 0 Å². The van der Waals surface area contributed by atoms with Crippen LogP contribution in [-0.2, 0) is 12.4 Å². The molecule has 0 unspecified atom stereocenters. The monoisotopic (exact) mass is 326 g/mol. The topological polar surface area (TPSA) is 32.3 Å². The van der Waals surface area contributed by atoms with E-state index >= 15 is 0 Å². The Hall–Kier alpha value is -1.93. The highest BCUT2D eigenvalue weighted by atomic mass is 19.4. The summed E-state index contributed by atoms with van der Waals surface area (Å²) in [6.07, 6.45) is -8.81. The summed E-state index contributed by atoms with van der Waals surface area (Å²) in [6, 6.07) is 0.0313. The second-order valence-corrected chi connectivity index (χ2v) is 4.92. The minimum atomic E-state index is -4.94. The van der Waals surface area contributed by atoms with E-state index in [9.17, 15) is 31.1 Å². The van der Waals surface area contributed by atoms with Crippen LogP contribution in [0.25, 0.3) is 0 Å². The number of urea groups is 1. The van der Waals surface area contributed by atoms with Crippen LogP contribution in [0.4, 0.5) is 36.8 Å². The molecular weight excluding hydrogens is 314 g/mol. The lowest BCUT2D eigenvalue weighted by Crippen LogP contribution is -2.40. The molecule has 0 atom stereocenters. The summed E-state index contributed by atoms with van der Waals surface area (Å²) in [4.78, 5) is 12.7. The molecular formula is C13H12F6N2O. The van der Waals surface area contributed by atoms with E-state index in [-0.39, 0.29) is 12.1 Å². The van der Waals surface area contributed by atoms with Gasteiger partial charge in [0, 0.05) is 18.8 Å². The molecule has 0 spiro atoms. The molecule has 122 valence electrons.